The maximum absolute atomic E-state index is 12.4. The number of phenols is 4. The molecule has 0 fully saturated rings. The summed E-state index contributed by atoms with van der Waals surface area (Å²) in [7, 11) is 0. The summed E-state index contributed by atoms with van der Waals surface area (Å²) in [6.07, 6.45) is 4.75. The van der Waals surface area contributed by atoms with Crippen LogP contribution in [0.3, 0.4) is 0 Å². The highest BCUT2D eigenvalue weighted by atomic mass is 16.6. The van der Waals surface area contributed by atoms with Gasteiger partial charge in [0.25, 0.3) is 0 Å². The quantitative estimate of drug-likeness (QED) is 0.0169. The van der Waals surface area contributed by atoms with Crippen LogP contribution in [-0.2, 0) is 115 Å². The van der Waals surface area contributed by atoms with Gasteiger partial charge in [0.05, 0.1) is 28.8 Å². The van der Waals surface area contributed by atoms with Gasteiger partial charge in [-0.1, -0.05) is 237 Å². The fourth-order valence-corrected chi connectivity index (χ4v) is 10.9. The fraction of sp³-hybridized carbons (Fsp3) is 0.677. The largest absolute Gasteiger partial charge is 0.507 e. The maximum Gasteiger partial charge on any atom is 0.316 e. The maximum atomic E-state index is 12.4. The van der Waals surface area contributed by atoms with Crippen molar-refractivity contribution in [1.29, 1.82) is 0 Å². The van der Waals surface area contributed by atoms with Gasteiger partial charge in [-0.15, -0.1) is 0 Å². The molecule has 0 spiro atoms. The smallest absolute Gasteiger partial charge is 0.316 e. The standard InChI is InChI=1S/C26H42O6.C25H40O5.C22H36O3.C20H32O3/c1-10-26(8,9)23(30)32-16-18(27)15-31-21(28)12-11-17-13-19(24(2,3)4)22(29)20(14-17)25(5,6)7;1-10-25(8,9)22(28)30-14-13-29-20(26)12-11-17-15-18(23(2,3)4)21(27)19(16-17)24(5,6)7;1-9-15(2)20(24)25-12-10-11-16-13-17(21(3,4)5)19(23)18(14-16)22(6,7)8;1-10-20(8,9)17(22)23-13-11-14(18(2,3)4)16(21)15(12-13)19(5,6)7/h13-14,18,27,29H,10-12,15-16H2,1-9H3;15-16,27H,10-14H2,1-9H3;13-15,23H,9-12H2,1-8H3;11-12,21H,10H2,1-9H3. The van der Waals surface area contributed by atoms with Gasteiger partial charge in [-0.05, 0) is 198 Å². The topological polar surface area (TPSA) is 259 Å². The van der Waals surface area contributed by atoms with Gasteiger partial charge < -0.3 is 54.0 Å². The van der Waals surface area contributed by atoms with Crippen LogP contribution in [0.25, 0.3) is 0 Å². The molecule has 0 heterocycles. The number of esters is 6. The molecule has 4 rings (SSSR count). The normalized spacial score (nSPS) is 13.2. The van der Waals surface area contributed by atoms with Crippen molar-refractivity contribution >= 4 is 35.8 Å². The molecule has 4 aromatic rings. The second-order valence-corrected chi connectivity index (χ2v) is 40.0. The SMILES string of the molecule is CCC(C)(C)C(=O)OCC(O)COC(=O)CCc1cc(C(C)(C)C)c(O)c(C(C)(C)C)c1.CCC(C)(C)C(=O)OCCOC(=O)CCc1cc(C(C)(C)C)c(O)c(C(C)(C)C)c1.CCC(C)(C)C(=O)Oc1cc(C(C)(C)C)c(O)c(C(C)(C)C)c1.CCC(C)C(=O)OCCCc1cc(C(C)(C)C)c(O)c(C(C)(C)C)c1. The molecule has 2 atom stereocenters. The van der Waals surface area contributed by atoms with Gasteiger partial charge in [-0.3, -0.25) is 28.8 Å². The molecule has 4 aromatic carbocycles. The number of ether oxygens (including phenoxy) is 6. The molecule has 624 valence electrons. The van der Waals surface area contributed by atoms with Crippen molar-refractivity contribution in [2.75, 3.05) is 33.0 Å². The monoisotopic (exact) mass is 1540 g/mol. The van der Waals surface area contributed by atoms with E-state index in [1.807, 2.05) is 170 Å². The van der Waals surface area contributed by atoms with Crippen LogP contribution in [0.2, 0.25) is 0 Å². The lowest BCUT2D eigenvalue weighted by molar-refractivity contribution is -0.160. The van der Waals surface area contributed by atoms with Crippen molar-refractivity contribution in [3.8, 4) is 28.7 Å². The third kappa shape index (κ3) is 32.5. The van der Waals surface area contributed by atoms with Crippen molar-refractivity contribution in [1.82, 2.24) is 0 Å². The molecule has 0 aliphatic heterocycles. The summed E-state index contributed by atoms with van der Waals surface area (Å²) in [4.78, 5) is 72.4. The Balaban J connectivity index is 0.000000739. The van der Waals surface area contributed by atoms with Crippen LogP contribution in [0.5, 0.6) is 28.7 Å². The van der Waals surface area contributed by atoms with E-state index in [0.717, 1.165) is 74.9 Å². The van der Waals surface area contributed by atoms with Gasteiger partial charge in [0.2, 0.25) is 0 Å². The average molecular weight is 1540 g/mol. The summed E-state index contributed by atoms with van der Waals surface area (Å²) in [6.45, 7) is 70.4. The van der Waals surface area contributed by atoms with Crippen molar-refractivity contribution in [2.24, 2.45) is 22.2 Å². The van der Waals surface area contributed by atoms with Gasteiger partial charge in [-0.2, -0.15) is 0 Å². The minimum absolute atomic E-state index is 0.0336. The zero-order chi connectivity index (χ0) is 85.9. The first-order chi connectivity index (χ1) is 49.6. The number of aryl methyl sites for hydroxylation is 3. The van der Waals surface area contributed by atoms with Crippen LogP contribution < -0.4 is 4.74 Å². The number of carbonyl (C=O) groups is 6. The van der Waals surface area contributed by atoms with E-state index < -0.39 is 28.3 Å². The highest BCUT2D eigenvalue weighted by molar-refractivity contribution is 5.79. The Hall–Kier alpha value is -7.14. The Morgan fingerprint density at radius 3 is 0.900 bits per heavy atom. The molecule has 0 aliphatic rings. The van der Waals surface area contributed by atoms with E-state index in [-0.39, 0.29) is 118 Å². The molecule has 0 saturated carbocycles. The van der Waals surface area contributed by atoms with Gasteiger partial charge in [-0.25, -0.2) is 0 Å². The van der Waals surface area contributed by atoms with Crippen molar-refractivity contribution in [3.63, 3.8) is 0 Å². The predicted octanol–water partition coefficient (Wildman–Crippen LogP) is 21.1. The molecule has 110 heavy (non-hydrogen) atoms. The van der Waals surface area contributed by atoms with Crippen LogP contribution in [0.4, 0.5) is 0 Å². The number of aliphatic hydroxyl groups excluding tert-OH is 1. The molecule has 0 bridgehead atoms. The van der Waals surface area contributed by atoms with Crippen LogP contribution in [0.15, 0.2) is 48.5 Å². The van der Waals surface area contributed by atoms with E-state index in [4.69, 9.17) is 28.4 Å². The number of hydrogen-bond donors (Lipinski definition) is 5. The number of phenolic OH excluding ortho intramolecular Hbond substituents is 4. The highest BCUT2D eigenvalue weighted by Crippen LogP contribution is 2.45. The minimum atomic E-state index is -1.07. The highest BCUT2D eigenvalue weighted by Gasteiger charge is 2.35. The molecule has 0 aliphatic carbocycles. The second kappa shape index (κ2) is 40.5. The zero-order valence-corrected chi connectivity index (χ0v) is 75.0. The molecule has 17 heteroatoms. The molecule has 2 unspecified atom stereocenters. The third-order valence-corrected chi connectivity index (χ3v) is 20.1. The van der Waals surface area contributed by atoms with Crippen molar-refractivity contribution in [3.05, 3.63) is 110 Å². The lowest BCUT2D eigenvalue weighted by Crippen LogP contribution is -2.31. The first-order valence-corrected chi connectivity index (χ1v) is 39.9. The van der Waals surface area contributed by atoms with E-state index >= 15 is 0 Å². The number of carbonyl (C=O) groups excluding carboxylic acids is 6. The summed E-state index contributed by atoms with van der Waals surface area (Å²) in [6, 6.07) is 15.6. The molecule has 17 nitrogen and oxygen atoms in total. The predicted molar refractivity (Wildman–Crippen MR) is 445 cm³/mol. The first kappa shape index (κ1) is 101. The minimum Gasteiger partial charge on any atom is -0.507 e. The summed E-state index contributed by atoms with van der Waals surface area (Å²) in [5.74, 6) is 0.0131. The Bertz CT molecular complexity index is 3530. The fourth-order valence-electron chi connectivity index (χ4n) is 10.9. The van der Waals surface area contributed by atoms with Gasteiger partial charge >= 0.3 is 35.8 Å². The average Bonchev–Trinajstić information content (AvgIpc) is 0.796. The Morgan fingerprint density at radius 1 is 0.336 bits per heavy atom. The van der Waals surface area contributed by atoms with Crippen LogP contribution >= 0.6 is 0 Å². The van der Waals surface area contributed by atoms with Crippen LogP contribution in [0.1, 0.15) is 348 Å². The van der Waals surface area contributed by atoms with E-state index in [9.17, 15) is 54.3 Å². The van der Waals surface area contributed by atoms with E-state index in [1.165, 1.54) is 5.56 Å². The van der Waals surface area contributed by atoms with Crippen LogP contribution in [-0.4, -0.2) is 100 Å². The number of aliphatic hydroxyl groups is 1. The van der Waals surface area contributed by atoms with E-state index in [2.05, 4.69) is 95.2 Å². The second-order valence-electron chi connectivity index (χ2n) is 40.0. The third-order valence-electron chi connectivity index (χ3n) is 20.1. The zero-order valence-electron chi connectivity index (χ0n) is 75.0. The molecule has 0 amide bonds. The summed E-state index contributed by atoms with van der Waals surface area (Å²) in [5.41, 5.74) is 6.82. The van der Waals surface area contributed by atoms with Crippen LogP contribution in [0, 0.1) is 22.2 Å². The van der Waals surface area contributed by atoms with Gasteiger partial charge in [0, 0.05) is 24.0 Å². The van der Waals surface area contributed by atoms with Gasteiger partial charge in [0.1, 0.15) is 61.3 Å². The summed E-state index contributed by atoms with van der Waals surface area (Å²) in [5, 5.41) is 53.0. The van der Waals surface area contributed by atoms with Gasteiger partial charge in [0.15, 0.2) is 0 Å². The Morgan fingerprint density at radius 2 is 0.600 bits per heavy atom. The van der Waals surface area contributed by atoms with E-state index in [0.29, 0.717) is 67.5 Å². The first-order valence-electron chi connectivity index (χ1n) is 39.9. The number of benzene rings is 4. The lowest BCUT2D eigenvalue weighted by Gasteiger charge is -2.28. The Kier molecular flexibility index (Phi) is 37.2. The molecular weight excluding hydrogens is 1390 g/mol. The molecule has 5 N–H and O–H groups in total. The molecule has 0 radical (unpaired) electrons. The summed E-state index contributed by atoms with van der Waals surface area (Å²) >= 11 is 0. The molecule has 0 aromatic heterocycles. The number of hydrogen-bond acceptors (Lipinski definition) is 17. The Labute approximate surface area is 664 Å². The van der Waals surface area contributed by atoms with Crippen molar-refractivity contribution < 1.29 is 82.7 Å². The lowest BCUT2D eigenvalue weighted by atomic mass is 9.78. The van der Waals surface area contributed by atoms with E-state index in [1.54, 1.807) is 26.0 Å². The molecule has 0 saturated heterocycles. The van der Waals surface area contributed by atoms with Crippen molar-refractivity contribution in [2.45, 2.75) is 356 Å². The summed E-state index contributed by atoms with van der Waals surface area (Å²) < 4.78 is 31.7. The molecular formula is C93H150O17. The number of aromatic hydroxyl groups is 4. The number of rotatable bonds is 26.